The summed E-state index contributed by atoms with van der Waals surface area (Å²) in [6.45, 7) is 1.13. The van der Waals surface area contributed by atoms with Crippen LogP contribution in [0.3, 0.4) is 0 Å². The lowest BCUT2D eigenvalue weighted by atomic mass is 10.4. The largest absolute Gasteiger partial charge is 0.394 e. The van der Waals surface area contributed by atoms with Crippen LogP contribution < -0.4 is 0 Å². The van der Waals surface area contributed by atoms with Crippen LogP contribution in [0.4, 0.5) is 0 Å². The van der Waals surface area contributed by atoms with E-state index in [2.05, 4.69) is 9.80 Å². The molecule has 0 spiro atoms. The van der Waals surface area contributed by atoms with E-state index in [1.54, 1.807) is 0 Å². The summed E-state index contributed by atoms with van der Waals surface area (Å²) < 4.78 is 5.23. The highest BCUT2D eigenvalue weighted by Crippen LogP contribution is 1.97. The molecular formula is C8H20N2O2. The van der Waals surface area contributed by atoms with Crippen molar-refractivity contribution in [3.63, 3.8) is 0 Å². The Morgan fingerprint density at radius 3 is 2.00 bits per heavy atom. The van der Waals surface area contributed by atoms with Gasteiger partial charge in [-0.15, -0.1) is 0 Å². The van der Waals surface area contributed by atoms with Crippen molar-refractivity contribution in [2.24, 2.45) is 0 Å². The summed E-state index contributed by atoms with van der Waals surface area (Å²) in [6, 6.07) is 0. The van der Waals surface area contributed by atoms with E-state index in [9.17, 15) is 0 Å². The van der Waals surface area contributed by atoms with Crippen molar-refractivity contribution >= 4 is 0 Å². The molecule has 0 heterocycles. The first-order valence-electron chi connectivity index (χ1n) is 4.11. The molecule has 4 nitrogen and oxygen atoms in total. The minimum Gasteiger partial charge on any atom is -0.394 e. The third-order valence-corrected chi connectivity index (χ3v) is 1.69. The van der Waals surface area contributed by atoms with Crippen LogP contribution in [0.2, 0.25) is 0 Å². The zero-order chi connectivity index (χ0) is 9.56. The number of hydrogen-bond acceptors (Lipinski definition) is 4. The second-order valence-electron chi connectivity index (χ2n) is 3.21. The molecule has 0 radical (unpaired) electrons. The van der Waals surface area contributed by atoms with Crippen LogP contribution in [0.15, 0.2) is 0 Å². The molecule has 0 aliphatic heterocycles. The van der Waals surface area contributed by atoms with Crippen LogP contribution in [0.1, 0.15) is 0 Å². The molecule has 0 bridgehead atoms. The molecule has 0 saturated heterocycles. The first-order valence-corrected chi connectivity index (χ1v) is 4.11. The molecule has 12 heavy (non-hydrogen) atoms. The molecule has 0 saturated carbocycles. The van der Waals surface area contributed by atoms with Crippen molar-refractivity contribution in [1.82, 2.24) is 9.80 Å². The minimum absolute atomic E-state index is 0.0909. The summed E-state index contributed by atoms with van der Waals surface area (Å²) in [5, 5.41) is 8.50. The fourth-order valence-electron chi connectivity index (χ4n) is 1.01. The van der Waals surface area contributed by atoms with Crippen molar-refractivity contribution in [1.29, 1.82) is 0 Å². The Morgan fingerprint density at radius 2 is 1.67 bits per heavy atom. The second kappa shape index (κ2) is 6.37. The number of ether oxygens (including phenoxy) is 1. The molecule has 0 amide bonds. The summed E-state index contributed by atoms with van der Waals surface area (Å²) in [5.74, 6) is 0. The number of hydrogen-bond donors (Lipinski definition) is 1. The van der Waals surface area contributed by atoms with Gasteiger partial charge in [-0.25, -0.2) is 0 Å². The van der Waals surface area contributed by atoms with E-state index in [-0.39, 0.29) is 12.8 Å². The molecule has 0 atom stereocenters. The standard InChI is InChI=1S/C8H20N2O2/c1-9(2)8(10(3)4)7-12-6-5-11/h8,11H,5-7H2,1-4H3. The van der Waals surface area contributed by atoms with Crippen LogP contribution >= 0.6 is 0 Å². The van der Waals surface area contributed by atoms with E-state index in [0.29, 0.717) is 13.2 Å². The second-order valence-corrected chi connectivity index (χ2v) is 3.21. The Hall–Kier alpha value is -0.160. The van der Waals surface area contributed by atoms with Gasteiger partial charge in [0.1, 0.15) is 0 Å². The van der Waals surface area contributed by atoms with E-state index in [1.165, 1.54) is 0 Å². The Bertz CT molecular complexity index is 99.2. The van der Waals surface area contributed by atoms with Gasteiger partial charge in [0, 0.05) is 0 Å². The van der Waals surface area contributed by atoms with Crippen molar-refractivity contribution in [3.8, 4) is 0 Å². The van der Waals surface area contributed by atoms with Crippen LogP contribution in [-0.2, 0) is 4.74 Å². The average molecular weight is 176 g/mol. The van der Waals surface area contributed by atoms with Gasteiger partial charge in [0.15, 0.2) is 0 Å². The van der Waals surface area contributed by atoms with Gasteiger partial charge in [-0.2, -0.15) is 0 Å². The lowest BCUT2D eigenvalue weighted by molar-refractivity contribution is 0.00572. The third kappa shape index (κ3) is 4.66. The van der Waals surface area contributed by atoms with Gasteiger partial charge < -0.3 is 9.84 Å². The lowest BCUT2D eigenvalue weighted by Gasteiger charge is -2.29. The fraction of sp³-hybridized carbons (Fsp3) is 1.00. The number of likely N-dealkylation sites (N-methyl/N-ethyl adjacent to an activating group) is 2. The van der Waals surface area contributed by atoms with Crippen molar-refractivity contribution < 1.29 is 9.84 Å². The van der Waals surface area contributed by atoms with Gasteiger partial charge in [-0.3, -0.25) is 9.80 Å². The van der Waals surface area contributed by atoms with Gasteiger partial charge in [-0.05, 0) is 28.2 Å². The van der Waals surface area contributed by atoms with E-state index in [0.717, 1.165) is 0 Å². The van der Waals surface area contributed by atoms with Gasteiger partial charge in [0.2, 0.25) is 0 Å². The first kappa shape index (κ1) is 11.8. The average Bonchev–Trinajstić information content (AvgIpc) is 1.96. The molecule has 0 rings (SSSR count). The normalized spacial score (nSPS) is 12.0. The predicted octanol–water partition coefficient (Wildman–Crippen LogP) is -0.555. The van der Waals surface area contributed by atoms with Crippen LogP contribution in [0.25, 0.3) is 0 Å². The molecule has 0 aromatic rings. The maximum Gasteiger partial charge on any atom is 0.0853 e. The molecule has 1 N–H and O–H groups in total. The van der Waals surface area contributed by atoms with Gasteiger partial charge in [-0.1, -0.05) is 0 Å². The number of rotatable bonds is 6. The van der Waals surface area contributed by atoms with Crippen molar-refractivity contribution in [2.75, 3.05) is 48.0 Å². The molecule has 0 unspecified atom stereocenters. The number of aliphatic hydroxyl groups is 1. The smallest absolute Gasteiger partial charge is 0.0853 e. The quantitative estimate of drug-likeness (QED) is 0.435. The zero-order valence-corrected chi connectivity index (χ0v) is 8.45. The molecule has 0 aliphatic carbocycles. The molecule has 0 aromatic heterocycles. The molecule has 4 heteroatoms. The highest BCUT2D eigenvalue weighted by molar-refractivity contribution is 4.61. The Labute approximate surface area is 74.7 Å². The SMILES string of the molecule is CN(C)C(COCCO)N(C)C. The fourth-order valence-corrected chi connectivity index (χ4v) is 1.01. The van der Waals surface area contributed by atoms with Gasteiger partial charge in [0.25, 0.3) is 0 Å². The van der Waals surface area contributed by atoms with Gasteiger partial charge >= 0.3 is 0 Å². The van der Waals surface area contributed by atoms with E-state index in [1.807, 2.05) is 28.2 Å². The first-order chi connectivity index (χ1) is 5.59. The molecular weight excluding hydrogens is 156 g/mol. The number of aliphatic hydroxyl groups excluding tert-OH is 1. The predicted molar refractivity (Wildman–Crippen MR) is 49.1 cm³/mol. The summed E-state index contributed by atoms with van der Waals surface area (Å²) >= 11 is 0. The molecule has 0 fully saturated rings. The maximum absolute atomic E-state index is 8.50. The maximum atomic E-state index is 8.50. The zero-order valence-electron chi connectivity index (χ0n) is 8.45. The van der Waals surface area contributed by atoms with Gasteiger partial charge in [0.05, 0.1) is 26.0 Å². The Balaban J connectivity index is 3.64. The summed E-state index contributed by atoms with van der Waals surface area (Å²) in [7, 11) is 8.03. The summed E-state index contributed by atoms with van der Waals surface area (Å²) in [6.07, 6.45) is 0.275. The van der Waals surface area contributed by atoms with E-state index >= 15 is 0 Å². The highest BCUT2D eigenvalue weighted by Gasteiger charge is 2.12. The van der Waals surface area contributed by atoms with Crippen LogP contribution in [-0.4, -0.2) is 69.1 Å². The molecule has 0 aromatic carbocycles. The third-order valence-electron chi connectivity index (χ3n) is 1.69. The lowest BCUT2D eigenvalue weighted by Crippen LogP contribution is -2.44. The molecule has 74 valence electrons. The van der Waals surface area contributed by atoms with E-state index in [4.69, 9.17) is 9.84 Å². The summed E-state index contributed by atoms with van der Waals surface area (Å²) in [4.78, 5) is 4.16. The summed E-state index contributed by atoms with van der Waals surface area (Å²) in [5.41, 5.74) is 0. The minimum atomic E-state index is 0.0909. The monoisotopic (exact) mass is 176 g/mol. The highest BCUT2D eigenvalue weighted by atomic mass is 16.5. The topological polar surface area (TPSA) is 35.9 Å². The van der Waals surface area contributed by atoms with Crippen molar-refractivity contribution in [2.45, 2.75) is 6.17 Å². The van der Waals surface area contributed by atoms with E-state index < -0.39 is 0 Å². The Morgan fingerprint density at radius 1 is 1.17 bits per heavy atom. The van der Waals surface area contributed by atoms with Crippen LogP contribution in [0, 0.1) is 0 Å². The van der Waals surface area contributed by atoms with Crippen LogP contribution in [0.5, 0.6) is 0 Å². The molecule has 0 aliphatic rings. The number of nitrogens with zero attached hydrogens (tertiary/aromatic N) is 2. The van der Waals surface area contributed by atoms with Crippen molar-refractivity contribution in [3.05, 3.63) is 0 Å². The Kier molecular flexibility index (Phi) is 6.28.